The summed E-state index contributed by atoms with van der Waals surface area (Å²) in [7, 11) is -3.94. The number of nitrogens with zero attached hydrogens (tertiary/aromatic N) is 5. The lowest BCUT2D eigenvalue weighted by Gasteiger charge is -2.35. The summed E-state index contributed by atoms with van der Waals surface area (Å²) in [4.78, 5) is 13.0. The Labute approximate surface area is 221 Å². The number of aromatic nitrogens is 2. The van der Waals surface area contributed by atoms with Crippen LogP contribution in [0.1, 0.15) is 37.3 Å². The zero-order chi connectivity index (χ0) is 26.4. The van der Waals surface area contributed by atoms with E-state index < -0.39 is 15.8 Å². The predicted molar refractivity (Wildman–Crippen MR) is 140 cm³/mol. The van der Waals surface area contributed by atoms with E-state index in [0.29, 0.717) is 48.8 Å². The minimum absolute atomic E-state index is 0.0664. The van der Waals surface area contributed by atoms with Gasteiger partial charge in [-0.1, -0.05) is 11.6 Å². The smallest absolute Gasteiger partial charge is 0.304 e. The van der Waals surface area contributed by atoms with Crippen molar-refractivity contribution in [2.24, 2.45) is 5.92 Å². The average molecular weight is 551 g/mol. The van der Waals surface area contributed by atoms with Crippen molar-refractivity contribution in [1.82, 2.24) is 14.1 Å². The molecule has 1 aromatic carbocycles. The van der Waals surface area contributed by atoms with E-state index in [1.165, 1.54) is 21.1 Å². The molecule has 2 saturated heterocycles. The standard InChI is InChI=1S/C24H31ClN6O5S/c25-23-22(27-15-19-2-1-13-36-17-19)16-28-31(24(23)33)21-7-9-29(10-8-21)37(34,35)30(11-12-32)20-5-3-18(14-26)4-6-20/h3-6,16,19,21,27,32H,1-2,7-13,15,17H2. The number of aliphatic hydroxyl groups is 1. The first kappa shape index (κ1) is 27.3. The van der Waals surface area contributed by atoms with Gasteiger partial charge < -0.3 is 15.2 Å². The highest BCUT2D eigenvalue weighted by atomic mass is 35.5. The summed E-state index contributed by atoms with van der Waals surface area (Å²) < 4.78 is 36.1. The number of nitrogens with one attached hydrogen (secondary N) is 1. The molecule has 2 aliphatic rings. The summed E-state index contributed by atoms with van der Waals surface area (Å²) >= 11 is 6.38. The van der Waals surface area contributed by atoms with Crippen molar-refractivity contribution in [3.63, 3.8) is 0 Å². The van der Waals surface area contributed by atoms with Crippen LogP contribution < -0.4 is 15.2 Å². The Bertz CT molecular complexity index is 1270. The summed E-state index contributed by atoms with van der Waals surface area (Å²) in [6.07, 6.45) is 4.38. The van der Waals surface area contributed by atoms with Crippen LogP contribution in [0.4, 0.5) is 11.4 Å². The third-order valence-corrected chi connectivity index (χ3v) is 9.07. The molecule has 37 heavy (non-hydrogen) atoms. The van der Waals surface area contributed by atoms with E-state index in [0.717, 1.165) is 23.8 Å². The maximum atomic E-state index is 13.4. The van der Waals surface area contributed by atoms with E-state index in [1.807, 2.05) is 6.07 Å². The molecular formula is C24H31ClN6O5S. The molecule has 0 bridgehead atoms. The van der Waals surface area contributed by atoms with Gasteiger partial charge in [0.2, 0.25) is 0 Å². The highest BCUT2D eigenvalue weighted by molar-refractivity contribution is 7.90. The van der Waals surface area contributed by atoms with Crippen molar-refractivity contribution in [1.29, 1.82) is 5.26 Å². The van der Waals surface area contributed by atoms with Crippen molar-refractivity contribution in [2.75, 3.05) is 55.6 Å². The number of aliphatic hydroxyl groups excluding tert-OH is 1. The Morgan fingerprint density at radius 3 is 2.59 bits per heavy atom. The topological polar surface area (TPSA) is 141 Å². The number of hydrogen-bond acceptors (Lipinski definition) is 8. The number of rotatable bonds is 9. The molecular weight excluding hydrogens is 520 g/mol. The fourth-order valence-electron chi connectivity index (χ4n) is 4.68. The highest BCUT2D eigenvalue weighted by Gasteiger charge is 2.34. The molecule has 11 nitrogen and oxygen atoms in total. The van der Waals surface area contributed by atoms with Crippen LogP contribution in [0.15, 0.2) is 35.3 Å². The first-order chi connectivity index (χ1) is 17.8. The third kappa shape index (κ3) is 6.25. The van der Waals surface area contributed by atoms with Crippen LogP contribution in [0.2, 0.25) is 5.02 Å². The van der Waals surface area contributed by atoms with E-state index >= 15 is 0 Å². The molecule has 0 aliphatic carbocycles. The summed E-state index contributed by atoms with van der Waals surface area (Å²) in [5.74, 6) is 0.355. The van der Waals surface area contributed by atoms with E-state index in [2.05, 4.69) is 10.4 Å². The third-order valence-electron chi connectivity index (χ3n) is 6.74. The number of hydrogen-bond donors (Lipinski definition) is 2. The fraction of sp³-hybridized carbons (Fsp3) is 0.542. The van der Waals surface area contributed by atoms with Gasteiger partial charge in [0.05, 0.1) is 55.0 Å². The quantitative estimate of drug-likeness (QED) is 0.483. The van der Waals surface area contributed by atoms with Crippen molar-refractivity contribution in [3.05, 3.63) is 51.4 Å². The van der Waals surface area contributed by atoms with Gasteiger partial charge in [-0.25, -0.2) is 4.68 Å². The van der Waals surface area contributed by atoms with Gasteiger partial charge in [0.15, 0.2) is 0 Å². The molecule has 2 aromatic rings. The van der Waals surface area contributed by atoms with Gasteiger partial charge in [0, 0.05) is 26.2 Å². The summed E-state index contributed by atoms with van der Waals surface area (Å²) in [6.45, 7) is 1.98. The zero-order valence-corrected chi connectivity index (χ0v) is 22.0. The molecule has 1 atom stereocenters. The number of piperidine rings is 1. The predicted octanol–water partition coefficient (Wildman–Crippen LogP) is 1.99. The molecule has 0 amide bonds. The van der Waals surface area contributed by atoms with Crippen LogP contribution in [0, 0.1) is 17.2 Å². The van der Waals surface area contributed by atoms with Crippen LogP contribution >= 0.6 is 11.6 Å². The maximum Gasteiger partial charge on any atom is 0.304 e. The van der Waals surface area contributed by atoms with Gasteiger partial charge in [0.1, 0.15) is 5.02 Å². The van der Waals surface area contributed by atoms with Gasteiger partial charge in [-0.15, -0.1) is 0 Å². The van der Waals surface area contributed by atoms with Gasteiger partial charge in [0.25, 0.3) is 5.56 Å². The minimum atomic E-state index is -3.94. The largest absolute Gasteiger partial charge is 0.394 e. The highest BCUT2D eigenvalue weighted by Crippen LogP contribution is 2.28. The molecule has 0 radical (unpaired) electrons. The lowest BCUT2D eigenvalue weighted by molar-refractivity contribution is 0.0595. The van der Waals surface area contributed by atoms with Crippen LogP contribution in [0.5, 0.6) is 0 Å². The fourth-order valence-corrected chi connectivity index (χ4v) is 6.53. The summed E-state index contributed by atoms with van der Waals surface area (Å²) in [5, 5.41) is 26.1. The van der Waals surface area contributed by atoms with Crippen molar-refractivity contribution in [2.45, 2.75) is 31.7 Å². The molecule has 13 heteroatoms. The summed E-state index contributed by atoms with van der Waals surface area (Å²) in [6, 6.07) is 7.86. The Morgan fingerprint density at radius 2 is 1.97 bits per heavy atom. The lowest BCUT2D eigenvalue weighted by Crippen LogP contribution is -2.49. The molecule has 200 valence electrons. The average Bonchev–Trinajstić information content (AvgIpc) is 2.93. The van der Waals surface area contributed by atoms with Crippen molar-refractivity contribution >= 4 is 33.2 Å². The second-order valence-corrected chi connectivity index (χ2v) is 11.4. The number of ether oxygens (including phenoxy) is 1. The van der Waals surface area contributed by atoms with Gasteiger partial charge in [-0.2, -0.15) is 23.1 Å². The Morgan fingerprint density at radius 1 is 1.24 bits per heavy atom. The zero-order valence-electron chi connectivity index (χ0n) is 20.4. The molecule has 1 aromatic heterocycles. The lowest BCUT2D eigenvalue weighted by atomic mass is 10.0. The SMILES string of the molecule is N#Cc1ccc(N(CCO)S(=O)(=O)N2CCC(n3ncc(NCC4CCCOC4)c(Cl)c3=O)CC2)cc1. The van der Waals surface area contributed by atoms with E-state index in [-0.39, 0.29) is 37.3 Å². The molecule has 2 fully saturated rings. The molecule has 2 aliphatic heterocycles. The Balaban J connectivity index is 1.42. The first-order valence-electron chi connectivity index (χ1n) is 12.3. The van der Waals surface area contributed by atoms with Crippen LogP contribution in [-0.4, -0.2) is 73.6 Å². The van der Waals surface area contributed by atoms with Crippen LogP contribution in [-0.2, 0) is 14.9 Å². The van der Waals surface area contributed by atoms with Crippen molar-refractivity contribution < 1.29 is 18.3 Å². The minimum Gasteiger partial charge on any atom is -0.394 e. The number of anilines is 2. The Kier molecular flexibility index (Phi) is 9.04. The molecule has 0 saturated carbocycles. The van der Waals surface area contributed by atoms with Gasteiger partial charge >= 0.3 is 10.2 Å². The second kappa shape index (κ2) is 12.2. The Hall–Kier alpha value is -2.69. The number of nitriles is 1. The molecule has 4 rings (SSSR count). The molecule has 3 heterocycles. The monoisotopic (exact) mass is 550 g/mol. The van der Waals surface area contributed by atoms with Gasteiger partial charge in [-0.05, 0) is 55.9 Å². The van der Waals surface area contributed by atoms with Crippen molar-refractivity contribution in [3.8, 4) is 6.07 Å². The van der Waals surface area contributed by atoms with E-state index in [9.17, 15) is 18.3 Å². The molecule has 1 unspecified atom stereocenters. The van der Waals surface area contributed by atoms with Crippen LogP contribution in [0.3, 0.4) is 0 Å². The second-order valence-electron chi connectivity index (χ2n) is 9.18. The first-order valence-corrected chi connectivity index (χ1v) is 14.1. The summed E-state index contributed by atoms with van der Waals surface area (Å²) in [5.41, 5.74) is 0.845. The molecule has 2 N–H and O–H groups in total. The number of benzene rings is 1. The maximum absolute atomic E-state index is 13.4. The molecule has 0 spiro atoms. The number of halogens is 1. The normalized spacial score (nSPS) is 19.3. The van der Waals surface area contributed by atoms with E-state index in [1.54, 1.807) is 18.3 Å². The van der Waals surface area contributed by atoms with Gasteiger partial charge in [-0.3, -0.25) is 9.10 Å². The van der Waals surface area contributed by atoms with E-state index in [4.69, 9.17) is 21.6 Å². The van der Waals surface area contributed by atoms with Crippen LogP contribution in [0.25, 0.3) is 0 Å².